The van der Waals surface area contributed by atoms with Gasteiger partial charge in [0.25, 0.3) is 5.56 Å². The van der Waals surface area contributed by atoms with Gasteiger partial charge in [-0.3, -0.25) is 9.36 Å². The molecule has 1 N–H and O–H groups in total. The molecule has 4 aromatic rings. The number of nitrogens with zero attached hydrogens (tertiary/aromatic N) is 2. The zero-order chi connectivity index (χ0) is 24.1. The average Bonchev–Trinajstić information content (AvgIpc) is 3.19. The highest BCUT2D eigenvalue weighted by Gasteiger charge is 2.32. The lowest BCUT2D eigenvalue weighted by molar-refractivity contribution is 0.373. The first kappa shape index (κ1) is 21.6. The van der Waals surface area contributed by atoms with Crippen LogP contribution < -0.4 is 19.6 Å². The van der Waals surface area contributed by atoms with Crippen LogP contribution in [0.2, 0.25) is 0 Å². The van der Waals surface area contributed by atoms with E-state index in [9.17, 15) is 9.90 Å². The van der Waals surface area contributed by atoms with E-state index in [2.05, 4.69) is 49.4 Å². The molecule has 0 bridgehead atoms. The predicted molar refractivity (Wildman–Crippen MR) is 139 cm³/mol. The summed E-state index contributed by atoms with van der Waals surface area (Å²) in [4.78, 5) is 19.5. The minimum atomic E-state index is -0.212. The number of phenols is 1. The molecule has 2 aliphatic rings. The second kappa shape index (κ2) is 8.40. The number of aryl methyl sites for hydroxylation is 2. The number of methoxy groups -OCH3 is 1. The van der Waals surface area contributed by atoms with Gasteiger partial charge in [0, 0.05) is 11.1 Å². The summed E-state index contributed by atoms with van der Waals surface area (Å²) in [6.07, 6.45) is 3.51. The van der Waals surface area contributed by atoms with Gasteiger partial charge in [-0.2, -0.15) is 0 Å². The summed E-state index contributed by atoms with van der Waals surface area (Å²) in [6.45, 7) is 2.07. The van der Waals surface area contributed by atoms with Crippen molar-refractivity contribution in [2.75, 3.05) is 7.11 Å². The first-order chi connectivity index (χ1) is 17.0. The number of para-hydroxylation sites is 1. The van der Waals surface area contributed by atoms with Gasteiger partial charge >= 0.3 is 0 Å². The van der Waals surface area contributed by atoms with Gasteiger partial charge in [0.05, 0.1) is 23.4 Å². The Hall–Kier alpha value is -3.90. The molecule has 174 valence electrons. The van der Waals surface area contributed by atoms with Crippen molar-refractivity contribution in [3.8, 4) is 11.5 Å². The number of benzene rings is 3. The lowest BCUT2D eigenvalue weighted by Gasteiger charge is -2.30. The molecule has 6 rings (SSSR count). The van der Waals surface area contributed by atoms with E-state index in [1.807, 2.05) is 10.6 Å². The Kier molecular flexibility index (Phi) is 5.19. The molecule has 0 saturated carbocycles. The van der Waals surface area contributed by atoms with Gasteiger partial charge < -0.3 is 9.84 Å². The number of thiazole rings is 1. The molecule has 1 aliphatic heterocycles. The summed E-state index contributed by atoms with van der Waals surface area (Å²) in [7, 11) is 1.51. The lowest BCUT2D eigenvalue weighted by atomic mass is 9.83. The third kappa shape index (κ3) is 3.53. The van der Waals surface area contributed by atoms with Crippen molar-refractivity contribution in [3.63, 3.8) is 0 Å². The van der Waals surface area contributed by atoms with Crippen molar-refractivity contribution in [2.45, 2.75) is 25.8 Å². The van der Waals surface area contributed by atoms with Gasteiger partial charge in [0.2, 0.25) is 0 Å². The third-order valence-corrected chi connectivity index (χ3v) is 7.79. The molecule has 1 atom stereocenters. The second-order valence-corrected chi connectivity index (χ2v) is 9.93. The van der Waals surface area contributed by atoms with E-state index < -0.39 is 0 Å². The fourth-order valence-corrected chi connectivity index (χ4v) is 6.02. The van der Waals surface area contributed by atoms with E-state index in [1.54, 1.807) is 24.3 Å². The molecule has 1 aromatic heterocycles. The van der Waals surface area contributed by atoms with Gasteiger partial charge in [0.15, 0.2) is 16.3 Å². The van der Waals surface area contributed by atoms with E-state index in [1.165, 1.54) is 35.1 Å². The highest BCUT2D eigenvalue weighted by molar-refractivity contribution is 7.07. The maximum absolute atomic E-state index is 13.8. The standard InChI is InChI=1S/C29H24N2O3S/c1-17-10-12-19(13-11-17)26-22-15-14-18-6-3-4-8-21(18)25(22)30-29-31(26)28(33)24(35-29)16-20-7-5-9-23(34-2)27(20)32/h3-13,16,26,32H,14-15H2,1-2H3/b24-16-/t26-/m0/s1. The van der Waals surface area contributed by atoms with E-state index in [0.717, 1.165) is 29.7 Å². The van der Waals surface area contributed by atoms with Gasteiger partial charge in [-0.25, -0.2) is 4.99 Å². The Bertz CT molecular complexity index is 1680. The molecule has 0 saturated heterocycles. The van der Waals surface area contributed by atoms with Crippen molar-refractivity contribution in [3.05, 3.63) is 120 Å². The average molecular weight is 481 g/mol. The Morgan fingerprint density at radius 1 is 1.06 bits per heavy atom. The van der Waals surface area contributed by atoms with Crippen molar-refractivity contribution >= 4 is 23.1 Å². The summed E-state index contributed by atoms with van der Waals surface area (Å²) in [5, 5.41) is 10.6. The molecule has 0 radical (unpaired) electrons. The van der Waals surface area contributed by atoms with Gasteiger partial charge in [-0.05, 0) is 48.6 Å². The van der Waals surface area contributed by atoms with Crippen LogP contribution in [0.5, 0.6) is 11.5 Å². The summed E-state index contributed by atoms with van der Waals surface area (Å²) >= 11 is 1.35. The van der Waals surface area contributed by atoms with Crippen molar-refractivity contribution in [2.24, 2.45) is 4.99 Å². The molecule has 0 unspecified atom stereocenters. The fraction of sp³-hybridized carbons (Fsp3) is 0.172. The van der Waals surface area contributed by atoms with Crippen molar-refractivity contribution < 1.29 is 9.84 Å². The van der Waals surface area contributed by atoms with Crippen LogP contribution in [0.4, 0.5) is 0 Å². The van der Waals surface area contributed by atoms with Crippen LogP contribution in [0, 0.1) is 6.92 Å². The number of phenolic OH excluding ortho intramolecular Hbond substituents is 1. The Morgan fingerprint density at radius 3 is 2.66 bits per heavy atom. The Morgan fingerprint density at radius 2 is 1.86 bits per heavy atom. The van der Waals surface area contributed by atoms with Crippen molar-refractivity contribution in [1.82, 2.24) is 4.57 Å². The first-order valence-electron chi connectivity index (χ1n) is 11.6. The molecule has 1 aliphatic carbocycles. The van der Waals surface area contributed by atoms with Crippen LogP contribution in [-0.4, -0.2) is 16.8 Å². The molecule has 0 amide bonds. The maximum Gasteiger partial charge on any atom is 0.271 e. The monoisotopic (exact) mass is 480 g/mol. The Labute approximate surface area is 206 Å². The minimum absolute atomic E-state index is 0.0177. The predicted octanol–water partition coefficient (Wildman–Crippen LogP) is 4.34. The zero-order valence-corrected chi connectivity index (χ0v) is 20.3. The van der Waals surface area contributed by atoms with Crippen LogP contribution in [-0.2, 0) is 6.42 Å². The van der Waals surface area contributed by atoms with Crippen LogP contribution in [0.15, 0.2) is 82.1 Å². The molecular formula is C29H24N2O3S. The first-order valence-corrected chi connectivity index (χ1v) is 12.4. The quantitative estimate of drug-likeness (QED) is 0.475. The van der Waals surface area contributed by atoms with Crippen LogP contribution in [0.3, 0.4) is 0 Å². The number of fused-ring (bicyclic) bond motifs is 3. The molecule has 5 nitrogen and oxygen atoms in total. The second-order valence-electron chi connectivity index (χ2n) is 8.92. The molecule has 3 aromatic carbocycles. The smallest absolute Gasteiger partial charge is 0.271 e. The summed E-state index contributed by atoms with van der Waals surface area (Å²) in [6, 6.07) is 21.9. The number of ether oxygens (including phenoxy) is 1. The molecule has 35 heavy (non-hydrogen) atoms. The highest BCUT2D eigenvalue weighted by atomic mass is 32.1. The number of hydrogen-bond acceptors (Lipinski definition) is 5. The molecule has 6 heteroatoms. The minimum Gasteiger partial charge on any atom is -0.504 e. The zero-order valence-electron chi connectivity index (χ0n) is 19.5. The van der Waals surface area contributed by atoms with Crippen LogP contribution >= 0.6 is 11.3 Å². The summed E-state index contributed by atoms with van der Waals surface area (Å²) < 4.78 is 7.59. The number of aromatic nitrogens is 1. The summed E-state index contributed by atoms with van der Waals surface area (Å²) in [5.74, 6) is 0.389. The van der Waals surface area contributed by atoms with Crippen molar-refractivity contribution in [1.29, 1.82) is 0 Å². The number of allylic oxidation sites excluding steroid dienone is 1. The van der Waals surface area contributed by atoms with Gasteiger partial charge in [0.1, 0.15) is 0 Å². The number of hydrogen-bond donors (Lipinski definition) is 1. The molecule has 0 fully saturated rings. The van der Waals surface area contributed by atoms with Crippen LogP contribution in [0.25, 0.3) is 11.8 Å². The fourth-order valence-electron chi connectivity index (χ4n) is 5.03. The van der Waals surface area contributed by atoms with E-state index >= 15 is 0 Å². The number of aromatic hydroxyl groups is 1. The van der Waals surface area contributed by atoms with E-state index in [4.69, 9.17) is 9.73 Å². The largest absolute Gasteiger partial charge is 0.504 e. The van der Waals surface area contributed by atoms with Gasteiger partial charge in [-0.1, -0.05) is 77.6 Å². The Balaban J connectivity index is 1.62. The molecule has 2 heterocycles. The summed E-state index contributed by atoms with van der Waals surface area (Å²) in [5.41, 5.74) is 7.28. The van der Waals surface area contributed by atoms with E-state index in [-0.39, 0.29) is 17.4 Å². The molecule has 0 spiro atoms. The highest BCUT2D eigenvalue weighted by Crippen LogP contribution is 2.41. The topological polar surface area (TPSA) is 63.8 Å². The third-order valence-electron chi connectivity index (χ3n) is 6.80. The SMILES string of the molecule is COc1cccc(/C=c2\sc3n(c2=O)[C@@H](c2ccc(C)cc2)C2=C(N=3)c3ccccc3CC2)c1O. The van der Waals surface area contributed by atoms with Gasteiger partial charge in [-0.15, -0.1) is 0 Å². The normalized spacial score (nSPS) is 16.9. The van der Waals surface area contributed by atoms with Crippen LogP contribution in [0.1, 0.15) is 40.3 Å². The lowest BCUT2D eigenvalue weighted by Crippen LogP contribution is -2.38. The maximum atomic E-state index is 13.8. The molecular weight excluding hydrogens is 456 g/mol. The van der Waals surface area contributed by atoms with E-state index in [0.29, 0.717) is 20.6 Å². The number of rotatable bonds is 3.